The highest BCUT2D eigenvalue weighted by Gasteiger charge is 2.15. The molecular weight excluding hydrogens is 242 g/mol. The highest BCUT2D eigenvalue weighted by molar-refractivity contribution is 7.98. The number of nitrogens with zero attached hydrogens (tertiary/aromatic N) is 1. The van der Waals surface area contributed by atoms with Gasteiger partial charge in [0.25, 0.3) is 6.43 Å². The lowest BCUT2D eigenvalue weighted by Gasteiger charge is -2.22. The van der Waals surface area contributed by atoms with Gasteiger partial charge in [-0.25, -0.2) is 8.78 Å². The summed E-state index contributed by atoms with van der Waals surface area (Å²) < 4.78 is 25.7. The Balaban J connectivity index is 2.81. The predicted molar refractivity (Wildman–Crippen MR) is 72.1 cm³/mol. The highest BCUT2D eigenvalue weighted by Crippen LogP contribution is 2.31. The summed E-state index contributed by atoms with van der Waals surface area (Å²) in [6, 6.07) is 4.67. The van der Waals surface area contributed by atoms with Crippen molar-refractivity contribution in [2.45, 2.75) is 12.8 Å². The first-order valence-electron chi connectivity index (χ1n) is 5.44. The number of benzene rings is 1. The second-order valence-electron chi connectivity index (χ2n) is 3.89. The second kappa shape index (κ2) is 6.69. The van der Waals surface area contributed by atoms with Gasteiger partial charge in [0.05, 0.1) is 0 Å². The number of halogens is 2. The van der Waals surface area contributed by atoms with Crippen LogP contribution in [-0.4, -0.2) is 25.6 Å². The van der Waals surface area contributed by atoms with E-state index in [0.717, 1.165) is 18.7 Å². The Labute approximate surface area is 105 Å². The van der Waals surface area contributed by atoms with Crippen LogP contribution in [0.15, 0.2) is 18.2 Å². The fourth-order valence-electron chi connectivity index (χ4n) is 1.66. The molecule has 0 heterocycles. The molecular formula is C12H18F2N2S. The van der Waals surface area contributed by atoms with Gasteiger partial charge in [0.2, 0.25) is 0 Å². The number of nitrogens with two attached hydrogens (primary N) is 1. The third-order valence-corrected chi connectivity index (χ3v) is 3.24. The van der Waals surface area contributed by atoms with E-state index in [0.29, 0.717) is 11.4 Å². The van der Waals surface area contributed by atoms with Crippen molar-refractivity contribution in [2.24, 2.45) is 0 Å². The zero-order valence-electron chi connectivity index (χ0n) is 10.1. The van der Waals surface area contributed by atoms with Crippen molar-refractivity contribution in [2.75, 3.05) is 36.2 Å². The molecule has 96 valence electrons. The fourth-order valence-corrected chi connectivity index (χ4v) is 2.08. The summed E-state index contributed by atoms with van der Waals surface area (Å²) in [6.07, 6.45) is 0.523. The van der Waals surface area contributed by atoms with Gasteiger partial charge in [0, 0.05) is 30.5 Å². The molecule has 0 unspecified atom stereocenters. The molecule has 0 aromatic heterocycles. The van der Waals surface area contributed by atoms with Crippen LogP contribution in [0.2, 0.25) is 0 Å². The van der Waals surface area contributed by atoms with Gasteiger partial charge < -0.3 is 10.6 Å². The third-order valence-electron chi connectivity index (χ3n) is 2.54. The largest absolute Gasteiger partial charge is 0.399 e. The van der Waals surface area contributed by atoms with Gasteiger partial charge in [-0.2, -0.15) is 11.8 Å². The predicted octanol–water partition coefficient (Wildman–Crippen LogP) is 3.40. The van der Waals surface area contributed by atoms with E-state index in [9.17, 15) is 8.78 Å². The molecule has 2 nitrogen and oxygen atoms in total. The van der Waals surface area contributed by atoms with Gasteiger partial charge in [-0.1, -0.05) is 0 Å². The molecule has 0 aliphatic carbocycles. The zero-order valence-corrected chi connectivity index (χ0v) is 10.9. The van der Waals surface area contributed by atoms with Crippen molar-refractivity contribution < 1.29 is 8.78 Å². The van der Waals surface area contributed by atoms with Gasteiger partial charge in [0.1, 0.15) is 0 Å². The Hall–Kier alpha value is -0.970. The normalized spacial score (nSPS) is 10.9. The molecule has 0 radical (unpaired) electrons. The minimum atomic E-state index is -2.49. The maximum atomic E-state index is 12.9. The molecule has 17 heavy (non-hydrogen) atoms. The summed E-state index contributed by atoms with van der Waals surface area (Å²) in [5, 5.41) is 0. The number of alkyl halides is 2. The van der Waals surface area contributed by atoms with Crippen molar-refractivity contribution in [1.82, 2.24) is 0 Å². The SMILES string of the molecule is CSCCCN(C)c1ccc(N)cc1C(F)F. The van der Waals surface area contributed by atoms with Crippen LogP contribution < -0.4 is 10.6 Å². The van der Waals surface area contributed by atoms with Gasteiger partial charge in [-0.05, 0) is 36.6 Å². The van der Waals surface area contributed by atoms with Crippen LogP contribution >= 0.6 is 11.8 Å². The molecule has 1 aromatic carbocycles. The maximum Gasteiger partial charge on any atom is 0.265 e. The third kappa shape index (κ3) is 4.07. The number of hydrogen-bond donors (Lipinski definition) is 1. The lowest BCUT2D eigenvalue weighted by Crippen LogP contribution is -2.20. The number of hydrogen-bond acceptors (Lipinski definition) is 3. The Morgan fingerprint density at radius 2 is 2.12 bits per heavy atom. The lowest BCUT2D eigenvalue weighted by atomic mass is 10.1. The van der Waals surface area contributed by atoms with Crippen LogP contribution in [0.25, 0.3) is 0 Å². The van der Waals surface area contributed by atoms with Crippen LogP contribution in [0.3, 0.4) is 0 Å². The highest BCUT2D eigenvalue weighted by atomic mass is 32.2. The van der Waals surface area contributed by atoms with E-state index in [-0.39, 0.29) is 5.56 Å². The van der Waals surface area contributed by atoms with Gasteiger partial charge in [-0.15, -0.1) is 0 Å². The summed E-state index contributed by atoms with van der Waals surface area (Å²) in [4.78, 5) is 1.86. The first kappa shape index (κ1) is 14.1. The maximum absolute atomic E-state index is 12.9. The van der Waals surface area contributed by atoms with Crippen molar-refractivity contribution >= 4 is 23.1 Å². The summed E-state index contributed by atoms with van der Waals surface area (Å²) in [7, 11) is 1.83. The molecule has 2 N–H and O–H groups in total. The number of anilines is 2. The average Bonchev–Trinajstić information content (AvgIpc) is 2.29. The van der Waals surface area contributed by atoms with E-state index in [2.05, 4.69) is 0 Å². The van der Waals surface area contributed by atoms with E-state index in [1.54, 1.807) is 23.9 Å². The zero-order chi connectivity index (χ0) is 12.8. The smallest absolute Gasteiger partial charge is 0.265 e. The Morgan fingerprint density at radius 3 is 2.71 bits per heavy atom. The number of nitrogen functional groups attached to an aromatic ring is 1. The summed E-state index contributed by atoms with van der Waals surface area (Å²) in [5.74, 6) is 1.03. The van der Waals surface area contributed by atoms with Crippen molar-refractivity contribution in [3.63, 3.8) is 0 Å². The molecule has 0 fully saturated rings. The molecule has 0 atom stereocenters. The Kier molecular flexibility index (Phi) is 5.55. The average molecular weight is 260 g/mol. The first-order valence-corrected chi connectivity index (χ1v) is 6.83. The number of thioether (sulfide) groups is 1. The molecule has 0 aliphatic heterocycles. The standard InChI is InChI=1S/C12H18F2N2S/c1-16(6-3-7-17-2)11-5-4-9(15)8-10(11)12(13)14/h4-5,8,12H,3,6-7,15H2,1-2H3. The lowest BCUT2D eigenvalue weighted by molar-refractivity contribution is 0.152. The summed E-state index contributed by atoms with van der Waals surface area (Å²) >= 11 is 1.76. The van der Waals surface area contributed by atoms with Crippen LogP contribution in [0, 0.1) is 0 Å². The van der Waals surface area contributed by atoms with E-state index < -0.39 is 6.43 Å². The monoisotopic (exact) mass is 260 g/mol. The molecule has 0 amide bonds. The Bertz CT molecular complexity index is 358. The van der Waals surface area contributed by atoms with E-state index in [1.165, 1.54) is 6.07 Å². The van der Waals surface area contributed by atoms with Gasteiger partial charge in [0.15, 0.2) is 0 Å². The summed E-state index contributed by atoms with van der Waals surface area (Å²) in [6.45, 7) is 0.768. The van der Waals surface area contributed by atoms with Crippen molar-refractivity contribution in [3.05, 3.63) is 23.8 Å². The van der Waals surface area contributed by atoms with Crippen LogP contribution in [-0.2, 0) is 0 Å². The Morgan fingerprint density at radius 1 is 1.41 bits per heavy atom. The van der Waals surface area contributed by atoms with Crippen LogP contribution in [0.4, 0.5) is 20.2 Å². The van der Waals surface area contributed by atoms with Crippen LogP contribution in [0.5, 0.6) is 0 Å². The molecule has 0 bridgehead atoms. The molecule has 0 aliphatic rings. The van der Waals surface area contributed by atoms with Gasteiger partial charge in [-0.3, -0.25) is 0 Å². The van der Waals surface area contributed by atoms with E-state index in [4.69, 9.17) is 5.73 Å². The number of rotatable bonds is 6. The molecule has 0 saturated heterocycles. The minimum Gasteiger partial charge on any atom is -0.399 e. The van der Waals surface area contributed by atoms with E-state index >= 15 is 0 Å². The topological polar surface area (TPSA) is 29.3 Å². The minimum absolute atomic E-state index is 0.0108. The van der Waals surface area contributed by atoms with Crippen molar-refractivity contribution in [1.29, 1.82) is 0 Å². The molecule has 1 rings (SSSR count). The molecule has 0 spiro atoms. The van der Waals surface area contributed by atoms with Gasteiger partial charge >= 0.3 is 0 Å². The quantitative estimate of drug-likeness (QED) is 0.628. The van der Waals surface area contributed by atoms with Crippen molar-refractivity contribution in [3.8, 4) is 0 Å². The molecule has 1 aromatic rings. The first-order chi connectivity index (χ1) is 8.06. The van der Waals surface area contributed by atoms with E-state index in [1.807, 2.05) is 18.2 Å². The molecule has 5 heteroatoms. The van der Waals surface area contributed by atoms with Crippen LogP contribution in [0.1, 0.15) is 18.4 Å². The molecule has 0 saturated carbocycles. The second-order valence-corrected chi connectivity index (χ2v) is 4.87. The summed E-state index contributed by atoms with van der Waals surface area (Å²) in [5.41, 5.74) is 6.48. The fraction of sp³-hybridized carbons (Fsp3) is 0.500.